The van der Waals surface area contributed by atoms with Gasteiger partial charge in [-0.05, 0) is 54.8 Å². The van der Waals surface area contributed by atoms with Crippen LogP contribution in [0.3, 0.4) is 0 Å². The number of nitrogens with zero attached hydrogens (tertiary/aromatic N) is 1. The van der Waals surface area contributed by atoms with Gasteiger partial charge >= 0.3 is 0 Å². The van der Waals surface area contributed by atoms with Crippen LogP contribution in [0.1, 0.15) is 24.8 Å². The molecule has 2 aliphatic rings. The van der Waals surface area contributed by atoms with Crippen molar-refractivity contribution in [2.45, 2.75) is 55.1 Å². The molecule has 0 aromatic heterocycles. The highest BCUT2D eigenvalue weighted by Gasteiger charge is 2.43. The Hall–Kier alpha value is -1.92. The number of aliphatic hydroxyl groups is 1. The number of ether oxygens (including phenoxy) is 3. The largest absolute Gasteiger partial charge is 0.497 e. The Labute approximate surface area is 226 Å². The van der Waals surface area contributed by atoms with E-state index in [4.69, 9.17) is 37.4 Å². The van der Waals surface area contributed by atoms with E-state index in [1.807, 2.05) is 0 Å². The van der Waals surface area contributed by atoms with Crippen molar-refractivity contribution in [2.75, 3.05) is 26.9 Å². The average Bonchev–Trinajstić information content (AvgIpc) is 2.87. The van der Waals surface area contributed by atoms with Crippen molar-refractivity contribution in [1.29, 1.82) is 0 Å². The van der Waals surface area contributed by atoms with Gasteiger partial charge in [0.2, 0.25) is 15.9 Å². The SMILES string of the molecule is COc1ccc(S(=O)(=O)N2C[C@@H](O)COC[C@H]3O[C@@H](CC(=O)NCc4ccc(Cl)c(Cl)c4)CC[C@@H]32)cc1. The minimum atomic E-state index is -3.93. The van der Waals surface area contributed by atoms with Crippen LogP contribution < -0.4 is 10.1 Å². The molecule has 0 bridgehead atoms. The van der Waals surface area contributed by atoms with Crippen molar-refractivity contribution in [3.63, 3.8) is 0 Å². The van der Waals surface area contributed by atoms with Gasteiger partial charge in [0.15, 0.2) is 0 Å². The van der Waals surface area contributed by atoms with E-state index in [9.17, 15) is 18.3 Å². The normalized spacial score (nSPS) is 25.0. The molecular formula is C25H30Cl2N2O7S. The van der Waals surface area contributed by atoms with Gasteiger partial charge < -0.3 is 24.6 Å². The molecule has 4 rings (SSSR count). The van der Waals surface area contributed by atoms with Crippen LogP contribution in [0, 0.1) is 0 Å². The van der Waals surface area contributed by atoms with Gasteiger partial charge in [0, 0.05) is 13.1 Å². The summed E-state index contributed by atoms with van der Waals surface area (Å²) in [7, 11) is -2.43. The standard InChI is InChI=1S/C25H30Cl2N2O7S/c1-34-18-3-6-20(7-4-18)37(32,33)29-13-17(30)14-35-15-24-23(29)9-5-19(36-24)11-25(31)28-12-16-2-8-21(26)22(27)10-16/h2-4,6-8,10,17,19,23-24,30H,5,9,11-15H2,1H3,(H,28,31)/t17-,19-,23+,24-/m1/s1. The highest BCUT2D eigenvalue weighted by Crippen LogP contribution is 2.32. The summed E-state index contributed by atoms with van der Waals surface area (Å²) in [6, 6.07) is 10.7. The fraction of sp³-hybridized carbons (Fsp3) is 0.480. The molecule has 2 saturated heterocycles. The Morgan fingerprint density at radius 1 is 1.14 bits per heavy atom. The van der Waals surface area contributed by atoms with Crippen LogP contribution in [0.5, 0.6) is 5.75 Å². The van der Waals surface area contributed by atoms with E-state index in [-0.39, 0.29) is 37.0 Å². The topological polar surface area (TPSA) is 114 Å². The summed E-state index contributed by atoms with van der Waals surface area (Å²) in [4.78, 5) is 12.7. The first kappa shape index (κ1) is 28.1. The number of hydrogen-bond acceptors (Lipinski definition) is 7. The molecule has 4 atom stereocenters. The number of hydrogen-bond donors (Lipinski definition) is 2. The van der Waals surface area contributed by atoms with Crippen molar-refractivity contribution in [1.82, 2.24) is 9.62 Å². The molecule has 0 unspecified atom stereocenters. The molecule has 202 valence electrons. The number of aliphatic hydroxyl groups excluding tert-OH is 1. The van der Waals surface area contributed by atoms with Gasteiger partial charge in [0.1, 0.15) is 5.75 Å². The number of fused-ring (bicyclic) bond motifs is 1. The zero-order valence-corrected chi connectivity index (χ0v) is 22.6. The van der Waals surface area contributed by atoms with E-state index in [0.29, 0.717) is 35.2 Å². The van der Waals surface area contributed by atoms with E-state index in [0.717, 1.165) is 5.56 Å². The Morgan fingerprint density at radius 2 is 1.89 bits per heavy atom. The lowest BCUT2D eigenvalue weighted by molar-refractivity contribution is -0.146. The minimum absolute atomic E-state index is 0.0178. The molecule has 2 N–H and O–H groups in total. The fourth-order valence-electron chi connectivity index (χ4n) is 4.58. The first-order chi connectivity index (χ1) is 17.7. The maximum atomic E-state index is 13.6. The van der Waals surface area contributed by atoms with Crippen molar-refractivity contribution in [3.8, 4) is 5.75 Å². The third-order valence-corrected chi connectivity index (χ3v) is 9.13. The van der Waals surface area contributed by atoms with E-state index >= 15 is 0 Å². The highest BCUT2D eigenvalue weighted by molar-refractivity contribution is 7.89. The predicted octanol–water partition coefficient (Wildman–Crippen LogP) is 3.01. The Kier molecular flexibility index (Phi) is 9.33. The van der Waals surface area contributed by atoms with E-state index < -0.39 is 34.4 Å². The Morgan fingerprint density at radius 3 is 2.59 bits per heavy atom. The number of halogens is 2. The molecule has 1 amide bonds. The smallest absolute Gasteiger partial charge is 0.243 e. The van der Waals surface area contributed by atoms with Gasteiger partial charge in [-0.3, -0.25) is 4.79 Å². The van der Waals surface area contributed by atoms with Gasteiger partial charge in [-0.15, -0.1) is 0 Å². The van der Waals surface area contributed by atoms with Crippen molar-refractivity contribution in [3.05, 3.63) is 58.1 Å². The van der Waals surface area contributed by atoms with Crippen molar-refractivity contribution < 1.29 is 32.5 Å². The van der Waals surface area contributed by atoms with E-state index in [1.165, 1.54) is 23.5 Å². The first-order valence-corrected chi connectivity index (χ1v) is 14.1. The van der Waals surface area contributed by atoms with Crippen LogP contribution in [0.4, 0.5) is 0 Å². The molecule has 0 radical (unpaired) electrons. The third-order valence-electron chi connectivity index (χ3n) is 6.49. The zero-order valence-electron chi connectivity index (χ0n) is 20.3. The van der Waals surface area contributed by atoms with E-state index in [2.05, 4.69) is 5.32 Å². The van der Waals surface area contributed by atoms with Crippen LogP contribution >= 0.6 is 23.2 Å². The second-order valence-electron chi connectivity index (χ2n) is 9.11. The number of benzene rings is 2. The lowest BCUT2D eigenvalue weighted by Gasteiger charge is -2.43. The molecule has 0 spiro atoms. The molecule has 37 heavy (non-hydrogen) atoms. The maximum absolute atomic E-state index is 13.6. The van der Waals surface area contributed by atoms with E-state index in [1.54, 1.807) is 30.3 Å². The molecule has 2 aromatic rings. The molecule has 2 aliphatic heterocycles. The fourth-order valence-corrected chi connectivity index (χ4v) is 6.62. The number of carbonyl (C=O) groups excluding carboxylic acids is 1. The molecule has 12 heteroatoms. The molecular weight excluding hydrogens is 543 g/mol. The number of nitrogens with one attached hydrogen (secondary N) is 1. The maximum Gasteiger partial charge on any atom is 0.243 e. The third kappa shape index (κ3) is 6.94. The molecule has 2 heterocycles. The summed E-state index contributed by atoms with van der Waals surface area (Å²) in [6.45, 7) is 0.269. The second-order valence-corrected chi connectivity index (χ2v) is 11.8. The monoisotopic (exact) mass is 572 g/mol. The molecule has 0 aliphatic carbocycles. The Bertz CT molecular complexity index is 1200. The second kappa shape index (κ2) is 12.3. The number of sulfonamides is 1. The molecule has 0 saturated carbocycles. The van der Waals surface area contributed by atoms with Gasteiger partial charge in [-0.2, -0.15) is 4.31 Å². The van der Waals surface area contributed by atoms with Crippen LogP contribution in [0.15, 0.2) is 47.4 Å². The number of amides is 1. The minimum Gasteiger partial charge on any atom is -0.497 e. The van der Waals surface area contributed by atoms with Gasteiger partial charge in [0.05, 0.1) is 66.0 Å². The summed E-state index contributed by atoms with van der Waals surface area (Å²) in [5.74, 6) is 0.346. The predicted molar refractivity (Wildman–Crippen MR) is 138 cm³/mol. The molecule has 2 fully saturated rings. The lowest BCUT2D eigenvalue weighted by atomic mass is 9.96. The zero-order chi connectivity index (χ0) is 26.6. The quantitative estimate of drug-likeness (QED) is 0.524. The number of carbonyl (C=O) groups is 1. The van der Waals surface area contributed by atoms with Crippen molar-refractivity contribution in [2.24, 2.45) is 0 Å². The summed E-state index contributed by atoms with van der Waals surface area (Å²) in [5, 5.41) is 14.1. The van der Waals surface area contributed by atoms with Crippen LogP contribution in [0.2, 0.25) is 10.0 Å². The lowest BCUT2D eigenvalue weighted by Crippen LogP contribution is -2.57. The summed E-state index contributed by atoms with van der Waals surface area (Å²) in [6.07, 6.45) is -0.889. The summed E-state index contributed by atoms with van der Waals surface area (Å²) in [5.41, 5.74) is 0.818. The average molecular weight is 573 g/mol. The van der Waals surface area contributed by atoms with Crippen molar-refractivity contribution >= 4 is 39.1 Å². The van der Waals surface area contributed by atoms with Crippen LogP contribution in [-0.4, -0.2) is 75.0 Å². The summed E-state index contributed by atoms with van der Waals surface area (Å²) >= 11 is 12.0. The number of methoxy groups -OCH3 is 1. The highest BCUT2D eigenvalue weighted by atomic mass is 35.5. The Balaban J connectivity index is 1.42. The van der Waals surface area contributed by atoms with Gasteiger partial charge in [0.25, 0.3) is 0 Å². The molecule has 9 nitrogen and oxygen atoms in total. The summed E-state index contributed by atoms with van der Waals surface area (Å²) < 4.78 is 45.4. The number of β-amino-alcohol motifs (C(OH)–C–C–N with tert-alkyl or cyclic N) is 1. The van der Waals surface area contributed by atoms with Gasteiger partial charge in [-0.1, -0.05) is 29.3 Å². The molecule has 2 aromatic carbocycles. The van der Waals surface area contributed by atoms with Crippen LogP contribution in [0.25, 0.3) is 0 Å². The first-order valence-electron chi connectivity index (χ1n) is 11.9. The van der Waals surface area contributed by atoms with Crippen LogP contribution in [-0.2, 0) is 30.8 Å². The van der Waals surface area contributed by atoms with Gasteiger partial charge in [-0.25, -0.2) is 8.42 Å². The number of rotatable bonds is 7.